The quantitative estimate of drug-likeness (QED) is 0.913. The van der Waals surface area contributed by atoms with E-state index in [2.05, 4.69) is 4.98 Å². The monoisotopic (exact) mass is 292 g/mol. The van der Waals surface area contributed by atoms with Gasteiger partial charge in [-0.15, -0.1) is 0 Å². The molecular formula is C14H17ClN4O. The van der Waals surface area contributed by atoms with Crippen LogP contribution in [0, 0.1) is 0 Å². The summed E-state index contributed by atoms with van der Waals surface area (Å²) in [6.45, 7) is 1.69. The van der Waals surface area contributed by atoms with Crippen LogP contribution in [0.1, 0.15) is 16.1 Å². The van der Waals surface area contributed by atoms with Crippen LogP contribution in [0.4, 0.5) is 0 Å². The molecule has 2 N–H and O–H groups in total. The Morgan fingerprint density at radius 2 is 2.10 bits per heavy atom. The molecule has 0 saturated carbocycles. The molecule has 1 amide bonds. The van der Waals surface area contributed by atoms with Gasteiger partial charge in [0.25, 0.3) is 5.91 Å². The van der Waals surface area contributed by atoms with Crippen molar-refractivity contribution < 1.29 is 4.79 Å². The van der Waals surface area contributed by atoms with Gasteiger partial charge in [0.1, 0.15) is 5.69 Å². The molecular weight excluding hydrogens is 276 g/mol. The number of hydrogen-bond acceptors (Lipinski definition) is 3. The maximum absolute atomic E-state index is 12.2. The summed E-state index contributed by atoms with van der Waals surface area (Å²) >= 11 is 5.84. The van der Waals surface area contributed by atoms with Crippen molar-refractivity contribution >= 4 is 17.5 Å². The standard InChI is InChI=1S/C14H17ClN4O/c1-18(8-11-2-4-12(15)5-3-11)14(20)13-9-19(7-6-16)10-17-13/h2-5,9-10H,6-8,16H2,1H3. The first-order valence-electron chi connectivity index (χ1n) is 6.32. The van der Waals surface area contributed by atoms with Gasteiger partial charge >= 0.3 is 0 Å². The van der Waals surface area contributed by atoms with Crippen molar-refractivity contribution in [3.05, 3.63) is 53.1 Å². The molecule has 0 radical (unpaired) electrons. The number of halogens is 1. The van der Waals surface area contributed by atoms with Crippen LogP contribution in [-0.2, 0) is 13.1 Å². The fourth-order valence-corrected chi connectivity index (χ4v) is 2.00. The summed E-state index contributed by atoms with van der Waals surface area (Å²) < 4.78 is 1.81. The van der Waals surface area contributed by atoms with E-state index in [1.54, 1.807) is 24.5 Å². The molecule has 0 saturated heterocycles. The first-order chi connectivity index (χ1) is 9.60. The van der Waals surface area contributed by atoms with Gasteiger partial charge in [-0.05, 0) is 17.7 Å². The molecule has 0 atom stereocenters. The van der Waals surface area contributed by atoms with Gasteiger partial charge in [-0.2, -0.15) is 0 Å². The summed E-state index contributed by atoms with van der Waals surface area (Å²) in [5.74, 6) is -0.115. The molecule has 6 heteroatoms. The fourth-order valence-electron chi connectivity index (χ4n) is 1.87. The van der Waals surface area contributed by atoms with Gasteiger partial charge < -0.3 is 15.2 Å². The van der Waals surface area contributed by atoms with Gasteiger partial charge in [-0.1, -0.05) is 23.7 Å². The molecule has 5 nitrogen and oxygen atoms in total. The number of rotatable bonds is 5. The second kappa shape index (κ2) is 6.54. The van der Waals surface area contributed by atoms with Crippen LogP contribution in [0.25, 0.3) is 0 Å². The lowest BCUT2D eigenvalue weighted by Gasteiger charge is -2.16. The summed E-state index contributed by atoms with van der Waals surface area (Å²) in [6, 6.07) is 7.43. The van der Waals surface area contributed by atoms with Gasteiger partial charge in [-0.25, -0.2) is 4.98 Å². The lowest BCUT2D eigenvalue weighted by atomic mass is 10.2. The van der Waals surface area contributed by atoms with E-state index in [0.717, 1.165) is 5.56 Å². The van der Waals surface area contributed by atoms with Crippen LogP contribution in [0.5, 0.6) is 0 Å². The highest BCUT2D eigenvalue weighted by atomic mass is 35.5. The number of carbonyl (C=O) groups is 1. The second-order valence-corrected chi connectivity index (χ2v) is 5.01. The van der Waals surface area contributed by atoms with Crippen molar-refractivity contribution in [2.75, 3.05) is 13.6 Å². The number of carbonyl (C=O) groups excluding carboxylic acids is 1. The summed E-state index contributed by atoms with van der Waals surface area (Å²) in [5, 5.41) is 0.684. The van der Waals surface area contributed by atoms with Gasteiger partial charge in [0.15, 0.2) is 0 Å². The Labute approximate surface area is 123 Å². The number of imidazole rings is 1. The summed E-state index contributed by atoms with van der Waals surface area (Å²) in [6.07, 6.45) is 3.34. The maximum Gasteiger partial charge on any atom is 0.274 e. The van der Waals surface area contributed by atoms with Crippen molar-refractivity contribution in [1.82, 2.24) is 14.5 Å². The van der Waals surface area contributed by atoms with Gasteiger partial charge in [0.2, 0.25) is 0 Å². The molecule has 0 spiro atoms. The minimum absolute atomic E-state index is 0.115. The van der Waals surface area contributed by atoms with Crippen molar-refractivity contribution in [1.29, 1.82) is 0 Å². The molecule has 0 bridgehead atoms. The van der Waals surface area contributed by atoms with Crippen LogP contribution in [-0.4, -0.2) is 34.0 Å². The van der Waals surface area contributed by atoms with E-state index in [1.165, 1.54) is 0 Å². The highest BCUT2D eigenvalue weighted by molar-refractivity contribution is 6.30. The second-order valence-electron chi connectivity index (χ2n) is 4.57. The first-order valence-corrected chi connectivity index (χ1v) is 6.69. The Morgan fingerprint density at radius 1 is 1.40 bits per heavy atom. The van der Waals surface area contributed by atoms with Crippen LogP contribution in [0.15, 0.2) is 36.8 Å². The Kier molecular flexibility index (Phi) is 4.76. The smallest absolute Gasteiger partial charge is 0.274 e. The summed E-state index contributed by atoms with van der Waals surface area (Å²) in [5.41, 5.74) is 6.91. The Hall–Kier alpha value is -1.85. The average Bonchev–Trinajstić information content (AvgIpc) is 2.89. The molecule has 1 aromatic carbocycles. The lowest BCUT2D eigenvalue weighted by molar-refractivity contribution is 0.0779. The third-order valence-electron chi connectivity index (χ3n) is 2.92. The molecule has 0 aliphatic heterocycles. The molecule has 1 heterocycles. The minimum Gasteiger partial charge on any atom is -0.336 e. The SMILES string of the molecule is CN(Cc1ccc(Cl)cc1)C(=O)c1cn(CCN)cn1. The number of amides is 1. The van der Waals surface area contributed by atoms with E-state index in [9.17, 15) is 4.79 Å². The largest absolute Gasteiger partial charge is 0.336 e. The van der Waals surface area contributed by atoms with E-state index in [4.69, 9.17) is 17.3 Å². The van der Waals surface area contributed by atoms with Gasteiger partial charge in [0.05, 0.1) is 6.33 Å². The predicted octanol–water partition coefficient (Wildman–Crippen LogP) is 1.77. The van der Waals surface area contributed by atoms with Gasteiger partial charge in [0, 0.05) is 37.9 Å². The van der Waals surface area contributed by atoms with E-state index in [-0.39, 0.29) is 5.91 Å². The van der Waals surface area contributed by atoms with E-state index >= 15 is 0 Å². The highest BCUT2D eigenvalue weighted by Crippen LogP contribution is 2.12. The summed E-state index contributed by atoms with van der Waals surface area (Å²) in [4.78, 5) is 18.0. The van der Waals surface area contributed by atoms with Crippen LogP contribution < -0.4 is 5.73 Å². The fraction of sp³-hybridized carbons (Fsp3) is 0.286. The molecule has 20 heavy (non-hydrogen) atoms. The molecule has 2 aromatic rings. The number of benzene rings is 1. The van der Waals surface area contributed by atoms with Crippen molar-refractivity contribution in [2.45, 2.75) is 13.1 Å². The Bertz CT molecular complexity index is 579. The molecule has 1 aromatic heterocycles. The zero-order valence-corrected chi connectivity index (χ0v) is 12.0. The zero-order chi connectivity index (χ0) is 14.5. The third-order valence-corrected chi connectivity index (χ3v) is 3.17. The predicted molar refractivity (Wildman–Crippen MR) is 78.5 cm³/mol. The Balaban J connectivity index is 2.02. The Morgan fingerprint density at radius 3 is 2.75 bits per heavy atom. The lowest BCUT2D eigenvalue weighted by Crippen LogP contribution is -2.26. The molecule has 0 aliphatic rings. The average molecular weight is 293 g/mol. The molecule has 0 aliphatic carbocycles. The number of hydrogen-bond donors (Lipinski definition) is 1. The molecule has 106 valence electrons. The van der Waals surface area contributed by atoms with Crippen molar-refractivity contribution in [3.63, 3.8) is 0 Å². The summed E-state index contributed by atoms with van der Waals surface area (Å²) in [7, 11) is 1.75. The number of aromatic nitrogens is 2. The van der Waals surface area contributed by atoms with Crippen molar-refractivity contribution in [3.8, 4) is 0 Å². The molecule has 0 fully saturated rings. The first kappa shape index (κ1) is 14.6. The molecule has 2 rings (SSSR count). The van der Waals surface area contributed by atoms with E-state index in [0.29, 0.717) is 30.4 Å². The zero-order valence-electron chi connectivity index (χ0n) is 11.3. The van der Waals surface area contributed by atoms with Crippen LogP contribution in [0.3, 0.4) is 0 Å². The topological polar surface area (TPSA) is 64.2 Å². The number of nitrogens with two attached hydrogens (primary N) is 1. The third kappa shape index (κ3) is 3.59. The molecule has 0 unspecified atom stereocenters. The normalized spacial score (nSPS) is 10.6. The van der Waals surface area contributed by atoms with Gasteiger partial charge in [-0.3, -0.25) is 4.79 Å². The van der Waals surface area contributed by atoms with Crippen LogP contribution >= 0.6 is 11.6 Å². The number of nitrogens with zero attached hydrogens (tertiary/aromatic N) is 3. The maximum atomic E-state index is 12.2. The van der Waals surface area contributed by atoms with Crippen LogP contribution in [0.2, 0.25) is 5.02 Å². The highest BCUT2D eigenvalue weighted by Gasteiger charge is 2.14. The van der Waals surface area contributed by atoms with E-state index in [1.807, 2.05) is 28.8 Å². The van der Waals surface area contributed by atoms with E-state index < -0.39 is 0 Å². The van der Waals surface area contributed by atoms with Crippen molar-refractivity contribution in [2.24, 2.45) is 5.73 Å². The minimum atomic E-state index is -0.115.